The molecule has 0 N–H and O–H groups in total. The summed E-state index contributed by atoms with van der Waals surface area (Å²) in [5, 5.41) is 0. The third-order valence-electron chi connectivity index (χ3n) is 7.65. The Balaban J connectivity index is 1.33. The molecule has 0 bridgehead atoms. The third kappa shape index (κ3) is 5.77. The van der Waals surface area contributed by atoms with Gasteiger partial charge >= 0.3 is 0 Å². The predicted molar refractivity (Wildman–Crippen MR) is 177 cm³/mol. The van der Waals surface area contributed by atoms with Crippen molar-refractivity contribution in [3.05, 3.63) is 158 Å². The van der Waals surface area contributed by atoms with Gasteiger partial charge in [-0.1, -0.05) is 91.0 Å². The number of ether oxygens (including phenoxy) is 1. The van der Waals surface area contributed by atoms with Gasteiger partial charge in [0.1, 0.15) is 11.5 Å². The van der Waals surface area contributed by atoms with Crippen LogP contribution < -0.4 is 9.64 Å². The molecule has 4 heteroatoms. The molecule has 2 heterocycles. The van der Waals surface area contributed by atoms with Gasteiger partial charge in [-0.15, -0.1) is 0 Å². The van der Waals surface area contributed by atoms with Crippen molar-refractivity contribution >= 4 is 5.69 Å². The molecule has 0 saturated heterocycles. The minimum Gasteiger partial charge on any atom is -0.457 e. The fraction of sp³-hybridized carbons (Fsp3) is 0.0513. The van der Waals surface area contributed by atoms with Gasteiger partial charge in [0.25, 0.3) is 0 Å². The first-order valence-corrected chi connectivity index (χ1v) is 14.4. The Morgan fingerprint density at radius 2 is 1.23 bits per heavy atom. The molecule has 208 valence electrons. The van der Waals surface area contributed by atoms with Crippen LogP contribution in [0.25, 0.3) is 44.6 Å². The van der Waals surface area contributed by atoms with Crippen LogP contribution in [0.1, 0.15) is 0 Å². The number of hydrogen-bond acceptors (Lipinski definition) is 4. The maximum atomic E-state index is 6.60. The van der Waals surface area contributed by atoms with Crippen LogP contribution in [0.4, 0.5) is 5.69 Å². The molecule has 0 radical (unpaired) electrons. The van der Waals surface area contributed by atoms with Crippen LogP contribution in [0.15, 0.2) is 158 Å². The zero-order chi connectivity index (χ0) is 29.0. The summed E-state index contributed by atoms with van der Waals surface area (Å²) < 4.78 is 6.60. The van der Waals surface area contributed by atoms with Gasteiger partial charge in [-0.2, -0.15) is 0 Å². The van der Waals surface area contributed by atoms with Crippen LogP contribution in [0.5, 0.6) is 11.5 Å². The van der Waals surface area contributed by atoms with Crippen molar-refractivity contribution in [3.63, 3.8) is 0 Å². The number of benzene rings is 5. The molecule has 5 aromatic carbocycles. The van der Waals surface area contributed by atoms with Crippen molar-refractivity contribution in [1.29, 1.82) is 0 Å². The molecule has 7 rings (SSSR count). The number of pyridine rings is 1. The van der Waals surface area contributed by atoms with Crippen molar-refractivity contribution < 1.29 is 4.74 Å². The molecule has 1 aliphatic heterocycles. The van der Waals surface area contributed by atoms with Crippen LogP contribution in [0.3, 0.4) is 0 Å². The fourth-order valence-corrected chi connectivity index (χ4v) is 5.52. The van der Waals surface area contributed by atoms with Gasteiger partial charge in [0.2, 0.25) is 0 Å². The smallest absolute Gasteiger partial charge is 0.129 e. The van der Waals surface area contributed by atoms with E-state index >= 15 is 0 Å². The molecule has 4 nitrogen and oxygen atoms in total. The highest BCUT2D eigenvalue weighted by Gasteiger charge is 2.15. The number of hydrogen-bond donors (Lipinski definition) is 0. The maximum absolute atomic E-state index is 6.60. The first-order chi connectivity index (χ1) is 21.2. The van der Waals surface area contributed by atoms with E-state index in [-0.39, 0.29) is 0 Å². The number of anilines is 1. The first-order valence-electron chi connectivity index (χ1n) is 14.4. The molecule has 0 aliphatic carbocycles. The standard InChI is InChI=1S/C39H31N3O/c1-41-21-22-42(28-41)34-15-10-16-35(27-34)43-36-24-32(38-18-9-8-17-37(38)30-13-6-3-7-14-30)23-33(25-36)39-26-31(19-20-40-39)29-11-4-2-5-12-29/h2-27H,28H2,1H3. The number of aromatic nitrogens is 1. The van der Waals surface area contributed by atoms with E-state index in [4.69, 9.17) is 9.72 Å². The van der Waals surface area contributed by atoms with E-state index in [2.05, 4.69) is 145 Å². The van der Waals surface area contributed by atoms with Gasteiger partial charge in [-0.25, -0.2) is 0 Å². The largest absolute Gasteiger partial charge is 0.457 e. The Morgan fingerprint density at radius 3 is 1.98 bits per heavy atom. The average molecular weight is 558 g/mol. The lowest BCUT2D eigenvalue weighted by molar-refractivity contribution is 0.481. The summed E-state index contributed by atoms with van der Waals surface area (Å²) >= 11 is 0. The van der Waals surface area contributed by atoms with Gasteiger partial charge in [-0.3, -0.25) is 4.98 Å². The number of nitrogens with zero attached hydrogens (tertiary/aromatic N) is 3. The van der Waals surface area contributed by atoms with E-state index < -0.39 is 0 Å². The SMILES string of the molecule is CN1C=CN(c2cccc(Oc3cc(-c4cc(-c5ccccc5)ccn4)cc(-c4ccccc4-c4ccccc4)c3)c2)C1. The van der Waals surface area contributed by atoms with Crippen molar-refractivity contribution in [2.45, 2.75) is 0 Å². The normalized spacial score (nSPS) is 12.5. The van der Waals surface area contributed by atoms with Crippen molar-refractivity contribution in [2.75, 3.05) is 18.6 Å². The second kappa shape index (κ2) is 11.7. The molecule has 0 unspecified atom stereocenters. The zero-order valence-corrected chi connectivity index (χ0v) is 24.0. The molecule has 0 saturated carbocycles. The van der Waals surface area contributed by atoms with Crippen LogP contribution in [-0.4, -0.2) is 23.6 Å². The summed E-state index contributed by atoms with van der Waals surface area (Å²) in [6.07, 6.45) is 6.04. The molecule has 0 fully saturated rings. The third-order valence-corrected chi connectivity index (χ3v) is 7.65. The lowest BCUT2D eigenvalue weighted by Gasteiger charge is -2.19. The molecular formula is C39H31N3O. The van der Waals surface area contributed by atoms with E-state index in [9.17, 15) is 0 Å². The monoisotopic (exact) mass is 557 g/mol. The van der Waals surface area contributed by atoms with Crippen LogP contribution >= 0.6 is 0 Å². The number of rotatable bonds is 7. The summed E-state index contributed by atoms with van der Waals surface area (Å²) in [6, 6.07) is 48.3. The summed E-state index contributed by atoms with van der Waals surface area (Å²) in [7, 11) is 2.07. The molecular weight excluding hydrogens is 526 g/mol. The summed E-state index contributed by atoms with van der Waals surface area (Å²) in [6.45, 7) is 0.808. The molecule has 1 aromatic heterocycles. The molecule has 0 atom stereocenters. The van der Waals surface area contributed by atoms with Crippen LogP contribution in [0.2, 0.25) is 0 Å². The zero-order valence-electron chi connectivity index (χ0n) is 24.0. The Labute approximate surface area is 252 Å². The summed E-state index contributed by atoms with van der Waals surface area (Å²) in [5.41, 5.74) is 9.80. The molecule has 0 spiro atoms. The molecule has 1 aliphatic rings. The van der Waals surface area contributed by atoms with E-state index in [0.29, 0.717) is 0 Å². The topological polar surface area (TPSA) is 28.6 Å². The van der Waals surface area contributed by atoms with E-state index in [1.807, 2.05) is 30.5 Å². The van der Waals surface area contributed by atoms with E-state index in [1.165, 1.54) is 11.1 Å². The highest BCUT2D eigenvalue weighted by molar-refractivity contribution is 5.86. The van der Waals surface area contributed by atoms with E-state index in [1.54, 1.807) is 0 Å². The highest BCUT2D eigenvalue weighted by Crippen LogP contribution is 2.38. The molecule has 0 amide bonds. The first kappa shape index (κ1) is 26.3. The fourth-order valence-electron chi connectivity index (χ4n) is 5.52. The van der Waals surface area contributed by atoms with E-state index in [0.717, 1.165) is 57.4 Å². The van der Waals surface area contributed by atoms with Crippen LogP contribution in [-0.2, 0) is 0 Å². The van der Waals surface area contributed by atoms with Crippen molar-refractivity contribution in [3.8, 4) is 56.1 Å². The van der Waals surface area contributed by atoms with Gasteiger partial charge in [0.05, 0.1) is 12.4 Å². The quantitative estimate of drug-likeness (QED) is 0.195. The Morgan fingerprint density at radius 1 is 0.535 bits per heavy atom. The second-order valence-corrected chi connectivity index (χ2v) is 10.7. The maximum Gasteiger partial charge on any atom is 0.129 e. The van der Waals surface area contributed by atoms with Gasteiger partial charge in [0, 0.05) is 43.0 Å². The van der Waals surface area contributed by atoms with Crippen LogP contribution in [0, 0.1) is 0 Å². The average Bonchev–Trinajstić information content (AvgIpc) is 3.52. The van der Waals surface area contributed by atoms with Gasteiger partial charge < -0.3 is 14.5 Å². The minimum absolute atomic E-state index is 0.758. The highest BCUT2D eigenvalue weighted by atomic mass is 16.5. The Kier molecular flexibility index (Phi) is 7.16. The Bertz CT molecular complexity index is 1900. The lowest BCUT2D eigenvalue weighted by atomic mass is 9.93. The summed E-state index contributed by atoms with van der Waals surface area (Å²) in [5.74, 6) is 1.54. The van der Waals surface area contributed by atoms with Gasteiger partial charge in [-0.05, 0) is 75.8 Å². The van der Waals surface area contributed by atoms with Gasteiger partial charge in [0.15, 0.2) is 0 Å². The van der Waals surface area contributed by atoms with Crippen molar-refractivity contribution in [2.24, 2.45) is 0 Å². The summed E-state index contributed by atoms with van der Waals surface area (Å²) in [4.78, 5) is 9.14. The predicted octanol–water partition coefficient (Wildman–Crippen LogP) is 9.72. The Hall–Kier alpha value is -5.61. The minimum atomic E-state index is 0.758. The lowest BCUT2D eigenvalue weighted by Crippen LogP contribution is -2.21. The molecule has 43 heavy (non-hydrogen) atoms. The molecule has 6 aromatic rings. The van der Waals surface area contributed by atoms with Crippen molar-refractivity contribution in [1.82, 2.24) is 9.88 Å². The second-order valence-electron chi connectivity index (χ2n) is 10.7.